The van der Waals surface area contributed by atoms with E-state index in [9.17, 15) is 0 Å². The van der Waals surface area contributed by atoms with Gasteiger partial charge in [0.1, 0.15) is 0 Å². The molecule has 1 aromatic rings. The van der Waals surface area contributed by atoms with Crippen molar-refractivity contribution in [2.24, 2.45) is 5.73 Å². The fourth-order valence-electron chi connectivity index (χ4n) is 1.47. The molecular weight excluding hydrogens is 176 g/mol. The number of likely N-dealkylation sites (N-methyl/N-ethyl adjacent to an activating group) is 1. The number of rotatable bonds is 5. The van der Waals surface area contributed by atoms with Crippen LogP contribution in [0, 0.1) is 6.92 Å². The third-order valence-electron chi connectivity index (χ3n) is 2.32. The second-order valence-electron chi connectivity index (χ2n) is 3.62. The molecule has 2 N–H and O–H groups in total. The third-order valence-corrected chi connectivity index (χ3v) is 2.32. The van der Waals surface area contributed by atoms with Crippen molar-refractivity contribution in [2.75, 3.05) is 20.1 Å². The van der Waals surface area contributed by atoms with E-state index in [1.807, 2.05) is 4.68 Å². The Labute approximate surface area is 85.7 Å². The average Bonchev–Trinajstić information content (AvgIpc) is 2.48. The number of nitrogens with two attached hydrogens (primary N) is 1. The third kappa shape index (κ3) is 2.82. The zero-order valence-corrected chi connectivity index (χ0v) is 9.32. The van der Waals surface area contributed by atoms with E-state index in [1.54, 1.807) is 0 Å². The highest BCUT2D eigenvalue weighted by molar-refractivity contribution is 5.15. The molecular formula is C10H20N4. The monoisotopic (exact) mass is 196 g/mol. The van der Waals surface area contributed by atoms with Gasteiger partial charge in [-0.3, -0.25) is 4.68 Å². The summed E-state index contributed by atoms with van der Waals surface area (Å²) >= 11 is 0. The predicted octanol–water partition coefficient (Wildman–Crippen LogP) is 0.602. The summed E-state index contributed by atoms with van der Waals surface area (Å²) in [5.74, 6) is 0. The lowest BCUT2D eigenvalue weighted by atomic mass is 10.2. The number of nitrogens with zero attached hydrogens (tertiary/aromatic N) is 3. The van der Waals surface area contributed by atoms with Gasteiger partial charge in [0, 0.05) is 37.9 Å². The molecule has 0 unspecified atom stereocenters. The Bertz CT molecular complexity index is 280. The maximum atomic E-state index is 5.49. The van der Waals surface area contributed by atoms with Gasteiger partial charge < -0.3 is 10.6 Å². The Hall–Kier alpha value is -0.870. The minimum atomic E-state index is 0.706. The van der Waals surface area contributed by atoms with E-state index in [0.717, 1.165) is 25.3 Å². The number of hydrogen-bond donors (Lipinski definition) is 1. The standard InChI is InChI=1S/C10H20N4/c1-4-14-8-10(9(2)12-14)7-13(3)6-5-11/h8H,4-7,11H2,1-3H3. The summed E-state index contributed by atoms with van der Waals surface area (Å²) < 4.78 is 1.97. The van der Waals surface area contributed by atoms with E-state index in [1.165, 1.54) is 5.56 Å². The van der Waals surface area contributed by atoms with E-state index < -0.39 is 0 Å². The van der Waals surface area contributed by atoms with Crippen molar-refractivity contribution in [1.29, 1.82) is 0 Å². The lowest BCUT2D eigenvalue weighted by molar-refractivity contribution is 0.335. The van der Waals surface area contributed by atoms with E-state index >= 15 is 0 Å². The van der Waals surface area contributed by atoms with Crippen LogP contribution < -0.4 is 5.73 Å². The second kappa shape index (κ2) is 5.12. The number of hydrogen-bond acceptors (Lipinski definition) is 3. The summed E-state index contributed by atoms with van der Waals surface area (Å²) in [6.45, 7) is 7.65. The van der Waals surface area contributed by atoms with Crippen molar-refractivity contribution < 1.29 is 0 Å². The van der Waals surface area contributed by atoms with Gasteiger partial charge in [0.25, 0.3) is 0 Å². The van der Waals surface area contributed by atoms with Crippen molar-refractivity contribution >= 4 is 0 Å². The normalized spacial score (nSPS) is 11.2. The summed E-state index contributed by atoms with van der Waals surface area (Å²) in [4.78, 5) is 2.21. The minimum Gasteiger partial charge on any atom is -0.329 e. The molecule has 0 radical (unpaired) electrons. The van der Waals surface area contributed by atoms with Crippen molar-refractivity contribution in [3.63, 3.8) is 0 Å². The molecule has 1 aromatic heterocycles. The van der Waals surface area contributed by atoms with Gasteiger partial charge in [0.2, 0.25) is 0 Å². The van der Waals surface area contributed by atoms with Crippen molar-refractivity contribution in [2.45, 2.75) is 26.9 Å². The summed E-state index contributed by atoms with van der Waals surface area (Å²) in [5.41, 5.74) is 7.91. The summed E-state index contributed by atoms with van der Waals surface area (Å²) in [6.07, 6.45) is 2.11. The molecule has 80 valence electrons. The molecule has 4 heteroatoms. The van der Waals surface area contributed by atoms with E-state index in [0.29, 0.717) is 6.54 Å². The first kappa shape index (κ1) is 11.2. The van der Waals surface area contributed by atoms with E-state index in [2.05, 4.69) is 37.1 Å². The lowest BCUT2D eigenvalue weighted by Gasteiger charge is -2.14. The van der Waals surface area contributed by atoms with Gasteiger partial charge >= 0.3 is 0 Å². The Morgan fingerprint density at radius 1 is 1.57 bits per heavy atom. The Balaban J connectivity index is 2.61. The Morgan fingerprint density at radius 3 is 2.79 bits per heavy atom. The topological polar surface area (TPSA) is 47.1 Å². The largest absolute Gasteiger partial charge is 0.329 e. The first-order chi connectivity index (χ1) is 6.67. The van der Waals surface area contributed by atoms with Crippen LogP contribution in [0.25, 0.3) is 0 Å². The molecule has 0 atom stereocenters. The molecule has 0 bridgehead atoms. The summed E-state index contributed by atoms with van der Waals surface area (Å²) in [6, 6.07) is 0. The van der Waals surface area contributed by atoms with Crippen LogP contribution in [-0.2, 0) is 13.1 Å². The SMILES string of the molecule is CCn1cc(CN(C)CCN)c(C)n1. The van der Waals surface area contributed by atoms with Crippen LogP contribution in [0.3, 0.4) is 0 Å². The van der Waals surface area contributed by atoms with Crippen molar-refractivity contribution in [3.05, 3.63) is 17.5 Å². The van der Waals surface area contributed by atoms with Crippen LogP contribution in [0.5, 0.6) is 0 Å². The summed E-state index contributed by atoms with van der Waals surface area (Å²) in [7, 11) is 2.08. The molecule has 0 spiro atoms. The molecule has 0 amide bonds. The van der Waals surface area contributed by atoms with Gasteiger partial charge in [-0.05, 0) is 20.9 Å². The van der Waals surface area contributed by atoms with Crippen LogP contribution in [0.1, 0.15) is 18.2 Å². The molecule has 0 saturated heterocycles. The minimum absolute atomic E-state index is 0.706. The van der Waals surface area contributed by atoms with Crippen LogP contribution >= 0.6 is 0 Å². The molecule has 0 saturated carbocycles. The van der Waals surface area contributed by atoms with Gasteiger partial charge in [-0.1, -0.05) is 0 Å². The maximum Gasteiger partial charge on any atom is 0.0638 e. The first-order valence-corrected chi connectivity index (χ1v) is 5.09. The van der Waals surface area contributed by atoms with E-state index in [-0.39, 0.29) is 0 Å². The highest BCUT2D eigenvalue weighted by atomic mass is 15.3. The van der Waals surface area contributed by atoms with Crippen LogP contribution in [0.15, 0.2) is 6.20 Å². The second-order valence-corrected chi connectivity index (χ2v) is 3.62. The van der Waals surface area contributed by atoms with Gasteiger partial charge in [0.15, 0.2) is 0 Å². The van der Waals surface area contributed by atoms with Crippen molar-refractivity contribution in [1.82, 2.24) is 14.7 Å². The molecule has 0 fully saturated rings. The Kier molecular flexibility index (Phi) is 4.10. The fourth-order valence-corrected chi connectivity index (χ4v) is 1.47. The maximum absolute atomic E-state index is 5.49. The zero-order chi connectivity index (χ0) is 10.6. The molecule has 0 aliphatic heterocycles. The first-order valence-electron chi connectivity index (χ1n) is 5.09. The van der Waals surface area contributed by atoms with Crippen LogP contribution in [0.4, 0.5) is 0 Å². The molecule has 0 aromatic carbocycles. The molecule has 1 rings (SSSR count). The van der Waals surface area contributed by atoms with E-state index in [4.69, 9.17) is 5.73 Å². The fraction of sp³-hybridized carbons (Fsp3) is 0.700. The van der Waals surface area contributed by atoms with Crippen LogP contribution in [-0.4, -0.2) is 34.8 Å². The molecule has 4 nitrogen and oxygen atoms in total. The van der Waals surface area contributed by atoms with Gasteiger partial charge in [-0.25, -0.2) is 0 Å². The average molecular weight is 196 g/mol. The van der Waals surface area contributed by atoms with Gasteiger partial charge in [-0.2, -0.15) is 5.10 Å². The quantitative estimate of drug-likeness (QED) is 0.750. The van der Waals surface area contributed by atoms with Crippen LogP contribution in [0.2, 0.25) is 0 Å². The highest BCUT2D eigenvalue weighted by Crippen LogP contribution is 2.07. The molecule has 1 heterocycles. The van der Waals surface area contributed by atoms with Gasteiger partial charge in [-0.15, -0.1) is 0 Å². The molecule has 0 aliphatic rings. The zero-order valence-electron chi connectivity index (χ0n) is 9.32. The summed E-state index contributed by atoms with van der Waals surface area (Å²) in [5, 5.41) is 4.40. The molecule has 0 aliphatic carbocycles. The predicted molar refractivity (Wildman–Crippen MR) is 58.0 cm³/mol. The number of aromatic nitrogens is 2. The van der Waals surface area contributed by atoms with Crippen molar-refractivity contribution in [3.8, 4) is 0 Å². The number of aryl methyl sites for hydroxylation is 2. The highest BCUT2D eigenvalue weighted by Gasteiger charge is 2.06. The molecule has 14 heavy (non-hydrogen) atoms. The van der Waals surface area contributed by atoms with Gasteiger partial charge in [0.05, 0.1) is 5.69 Å². The lowest BCUT2D eigenvalue weighted by Crippen LogP contribution is -2.25. The smallest absolute Gasteiger partial charge is 0.0638 e. The Morgan fingerprint density at radius 2 is 2.29 bits per heavy atom.